The third kappa shape index (κ3) is 3.22. The summed E-state index contributed by atoms with van der Waals surface area (Å²) in [6.07, 6.45) is 0. The number of fused-ring (bicyclic) bond motifs is 9. The summed E-state index contributed by atoms with van der Waals surface area (Å²) in [6, 6.07) is 53.5. The van der Waals surface area contributed by atoms with Crippen molar-refractivity contribution in [3.63, 3.8) is 0 Å². The molecule has 1 spiro atoms. The highest BCUT2D eigenvalue weighted by atomic mass is 32.2. The molecule has 208 valence electrons. The Labute approximate surface area is 256 Å². The number of rotatable bonds is 3. The lowest BCUT2D eigenvalue weighted by molar-refractivity contribution is 0.596. The van der Waals surface area contributed by atoms with Gasteiger partial charge < -0.3 is 0 Å². The molecule has 2 nitrogen and oxygen atoms in total. The molecule has 0 atom stereocenters. The molecule has 0 heterocycles. The summed E-state index contributed by atoms with van der Waals surface area (Å²) in [6.45, 7) is 0. The van der Waals surface area contributed by atoms with Crippen molar-refractivity contribution in [3.8, 4) is 33.4 Å². The van der Waals surface area contributed by atoms with Gasteiger partial charge in [-0.1, -0.05) is 133 Å². The molecule has 0 saturated carbocycles. The quantitative estimate of drug-likeness (QED) is 0.208. The van der Waals surface area contributed by atoms with Crippen molar-refractivity contribution in [2.24, 2.45) is 0 Å². The van der Waals surface area contributed by atoms with E-state index in [1.165, 1.54) is 49.9 Å². The van der Waals surface area contributed by atoms with Crippen LogP contribution >= 0.6 is 0 Å². The topological polar surface area (TPSA) is 34.1 Å². The van der Waals surface area contributed by atoms with Gasteiger partial charge in [-0.15, -0.1) is 0 Å². The predicted octanol–water partition coefficient (Wildman–Crippen LogP) is 9.68. The fraction of sp³-hybridized carbons (Fsp3) is 0.0244. The zero-order chi connectivity index (χ0) is 29.5. The van der Waals surface area contributed by atoms with Crippen LogP contribution in [0.25, 0.3) is 44.2 Å². The Morgan fingerprint density at radius 1 is 0.386 bits per heavy atom. The fourth-order valence-corrected chi connectivity index (χ4v) is 9.09. The molecule has 0 amide bonds. The summed E-state index contributed by atoms with van der Waals surface area (Å²) in [7, 11) is -3.66. The third-order valence-electron chi connectivity index (χ3n) is 9.53. The molecule has 44 heavy (non-hydrogen) atoms. The largest absolute Gasteiger partial charge is 0.219 e. The van der Waals surface area contributed by atoms with E-state index >= 15 is 0 Å². The van der Waals surface area contributed by atoms with Crippen LogP contribution in [0.5, 0.6) is 0 Å². The second kappa shape index (κ2) is 9.12. The first kappa shape index (κ1) is 25.3. The zero-order valence-corrected chi connectivity index (χ0v) is 24.6. The second-order valence-corrected chi connectivity index (χ2v) is 13.6. The van der Waals surface area contributed by atoms with Crippen LogP contribution in [0.4, 0.5) is 0 Å². The molecule has 7 aromatic rings. The van der Waals surface area contributed by atoms with Crippen LogP contribution < -0.4 is 0 Å². The van der Waals surface area contributed by atoms with Crippen molar-refractivity contribution in [1.82, 2.24) is 0 Å². The highest BCUT2D eigenvalue weighted by Gasteiger charge is 2.49. The molecule has 7 aromatic carbocycles. The van der Waals surface area contributed by atoms with Crippen molar-refractivity contribution < 1.29 is 8.42 Å². The Bertz CT molecular complexity index is 2360. The standard InChI is InChI=1S/C41H26O2S/c42-44(43,28-13-2-1-3-14-28)29-15-10-12-27(26-29)30-24-25-35-33-18-6-9-22-38(33)41(39-23-11-19-34(30)40(35)39)36-20-7-4-16-31(36)32-17-5-8-21-37(32)41/h1-26H. The van der Waals surface area contributed by atoms with E-state index in [0.717, 1.165) is 16.5 Å². The van der Waals surface area contributed by atoms with E-state index in [1.807, 2.05) is 24.3 Å². The Morgan fingerprint density at radius 2 is 0.886 bits per heavy atom. The van der Waals surface area contributed by atoms with Gasteiger partial charge in [0.05, 0.1) is 15.2 Å². The van der Waals surface area contributed by atoms with Crippen molar-refractivity contribution in [2.45, 2.75) is 15.2 Å². The van der Waals surface area contributed by atoms with Gasteiger partial charge in [0.1, 0.15) is 0 Å². The van der Waals surface area contributed by atoms with Gasteiger partial charge in [0.2, 0.25) is 9.84 Å². The van der Waals surface area contributed by atoms with Crippen LogP contribution in [0.1, 0.15) is 22.3 Å². The van der Waals surface area contributed by atoms with Crippen LogP contribution in [-0.2, 0) is 15.3 Å². The minimum atomic E-state index is -3.66. The lowest BCUT2D eigenvalue weighted by Crippen LogP contribution is -2.31. The SMILES string of the molecule is O=S(=O)(c1ccccc1)c1cccc(-c2ccc3c4c(cccc24)C2(c4ccccc4-c4ccccc42)c2ccccc2-3)c1. The lowest BCUT2D eigenvalue weighted by Gasteiger charge is -2.40. The van der Waals surface area contributed by atoms with Gasteiger partial charge in [-0.2, -0.15) is 0 Å². The predicted molar refractivity (Wildman–Crippen MR) is 178 cm³/mol. The summed E-state index contributed by atoms with van der Waals surface area (Å²) in [5, 5.41) is 2.33. The summed E-state index contributed by atoms with van der Waals surface area (Å²) in [5.74, 6) is 0. The van der Waals surface area contributed by atoms with E-state index in [-0.39, 0.29) is 0 Å². The van der Waals surface area contributed by atoms with E-state index < -0.39 is 15.3 Å². The Balaban J connectivity index is 1.36. The van der Waals surface area contributed by atoms with Gasteiger partial charge in [-0.05, 0) is 90.7 Å². The molecule has 0 aliphatic heterocycles. The third-order valence-corrected chi connectivity index (χ3v) is 11.3. The van der Waals surface area contributed by atoms with Crippen molar-refractivity contribution in [1.29, 1.82) is 0 Å². The van der Waals surface area contributed by atoms with E-state index in [2.05, 4.69) is 103 Å². The van der Waals surface area contributed by atoms with Crippen molar-refractivity contribution >= 4 is 20.6 Å². The maximum Gasteiger partial charge on any atom is 0.206 e. The van der Waals surface area contributed by atoms with Gasteiger partial charge >= 0.3 is 0 Å². The highest BCUT2D eigenvalue weighted by molar-refractivity contribution is 7.91. The first-order valence-electron chi connectivity index (χ1n) is 14.9. The number of sulfone groups is 1. The minimum Gasteiger partial charge on any atom is -0.219 e. The molecule has 0 radical (unpaired) electrons. The second-order valence-electron chi connectivity index (χ2n) is 11.6. The molecule has 0 aromatic heterocycles. The maximum absolute atomic E-state index is 13.6. The number of hydrogen-bond acceptors (Lipinski definition) is 2. The minimum absolute atomic E-state index is 0.294. The zero-order valence-electron chi connectivity index (χ0n) is 23.7. The van der Waals surface area contributed by atoms with Crippen LogP contribution in [0.15, 0.2) is 168 Å². The molecule has 0 unspecified atom stereocenters. The molecular weight excluding hydrogens is 557 g/mol. The molecule has 2 aliphatic rings. The molecule has 0 N–H and O–H groups in total. The van der Waals surface area contributed by atoms with Crippen LogP contribution in [0.2, 0.25) is 0 Å². The van der Waals surface area contributed by atoms with Gasteiger partial charge in [0.25, 0.3) is 0 Å². The van der Waals surface area contributed by atoms with Gasteiger partial charge in [0, 0.05) is 0 Å². The summed E-state index contributed by atoms with van der Waals surface area (Å²) < 4.78 is 27.2. The molecule has 0 bridgehead atoms. The first-order chi connectivity index (χ1) is 21.6. The molecule has 0 saturated heterocycles. The number of hydrogen-bond donors (Lipinski definition) is 0. The Hall–Kier alpha value is -5.25. The Kier molecular flexibility index (Phi) is 5.24. The fourth-order valence-electron chi connectivity index (χ4n) is 7.77. The number of benzene rings is 7. The van der Waals surface area contributed by atoms with E-state index in [4.69, 9.17) is 0 Å². The molecule has 3 heteroatoms. The van der Waals surface area contributed by atoms with Gasteiger partial charge in [-0.3, -0.25) is 0 Å². The van der Waals surface area contributed by atoms with Crippen LogP contribution in [-0.4, -0.2) is 8.42 Å². The smallest absolute Gasteiger partial charge is 0.206 e. The van der Waals surface area contributed by atoms with E-state index in [0.29, 0.717) is 9.79 Å². The normalized spacial score (nSPS) is 13.8. The maximum atomic E-state index is 13.6. The monoisotopic (exact) mass is 582 g/mol. The molecule has 9 rings (SSSR count). The van der Waals surface area contributed by atoms with Crippen molar-refractivity contribution in [3.05, 3.63) is 180 Å². The van der Waals surface area contributed by atoms with E-state index in [9.17, 15) is 8.42 Å². The summed E-state index contributed by atoms with van der Waals surface area (Å²) in [4.78, 5) is 0.591. The van der Waals surface area contributed by atoms with Crippen molar-refractivity contribution in [2.75, 3.05) is 0 Å². The van der Waals surface area contributed by atoms with Gasteiger partial charge in [-0.25, -0.2) is 8.42 Å². The molecule has 2 aliphatic carbocycles. The molecule has 0 fully saturated rings. The van der Waals surface area contributed by atoms with Crippen LogP contribution in [0, 0.1) is 0 Å². The highest BCUT2D eigenvalue weighted by Crippen LogP contribution is 2.62. The average Bonchev–Trinajstić information content (AvgIpc) is 3.38. The average molecular weight is 583 g/mol. The van der Waals surface area contributed by atoms with Gasteiger partial charge in [0.15, 0.2) is 0 Å². The van der Waals surface area contributed by atoms with Crippen LogP contribution in [0.3, 0.4) is 0 Å². The van der Waals surface area contributed by atoms with E-state index in [1.54, 1.807) is 30.3 Å². The summed E-state index contributed by atoms with van der Waals surface area (Å²) >= 11 is 0. The molecular formula is C41H26O2S. The first-order valence-corrected chi connectivity index (χ1v) is 16.3. The Morgan fingerprint density at radius 3 is 1.55 bits per heavy atom. The lowest BCUT2D eigenvalue weighted by atomic mass is 9.61. The summed E-state index contributed by atoms with van der Waals surface area (Å²) in [5.41, 5.74) is 11.6.